The highest BCUT2D eigenvalue weighted by Gasteiger charge is 2.19. The number of amides is 1. The van der Waals surface area contributed by atoms with Gasteiger partial charge in [-0.3, -0.25) is 4.79 Å². The molecule has 0 spiro atoms. The maximum absolute atomic E-state index is 12.1. The van der Waals surface area contributed by atoms with Crippen molar-refractivity contribution >= 4 is 42.1 Å². The molecule has 0 radical (unpaired) electrons. The van der Waals surface area contributed by atoms with Gasteiger partial charge in [-0.2, -0.15) is 0 Å². The van der Waals surface area contributed by atoms with Crippen LogP contribution in [0.25, 0.3) is 0 Å². The molecule has 2 atom stereocenters. The number of hydrogen-bond acceptors (Lipinski definition) is 5. The molecule has 22 heavy (non-hydrogen) atoms. The van der Waals surface area contributed by atoms with Crippen LogP contribution in [0.5, 0.6) is 0 Å². The van der Waals surface area contributed by atoms with Crippen LogP contribution in [-0.2, 0) is 6.54 Å². The average molecular weight is 369 g/mol. The second kappa shape index (κ2) is 10.4. The first-order chi connectivity index (χ1) is 9.58. The number of nitrogens with zero attached hydrogens (tertiary/aromatic N) is 2. The summed E-state index contributed by atoms with van der Waals surface area (Å²) >= 11 is 1.43. The highest BCUT2D eigenvalue weighted by Crippen LogP contribution is 2.15. The summed E-state index contributed by atoms with van der Waals surface area (Å²) in [7, 11) is 0. The Labute approximate surface area is 148 Å². The van der Waals surface area contributed by atoms with Crippen LogP contribution in [0, 0.1) is 5.92 Å². The predicted molar refractivity (Wildman–Crippen MR) is 96.3 cm³/mol. The van der Waals surface area contributed by atoms with E-state index < -0.39 is 0 Å². The molecule has 1 aromatic rings. The zero-order valence-electron chi connectivity index (χ0n) is 13.1. The van der Waals surface area contributed by atoms with Crippen molar-refractivity contribution in [1.82, 2.24) is 15.2 Å². The molecule has 8 heteroatoms. The standard InChI is InChI=1S/C14H24N4OS.2ClH/c1-10-4-3-5-18(7-10)8-11(2)16-14(19)12-9-20-13(6-15)17-12;;/h9-11H,3-8,15H2,1-2H3,(H,16,19);2*1H. The third-order valence-corrected chi connectivity index (χ3v) is 4.48. The Morgan fingerprint density at radius 3 is 2.91 bits per heavy atom. The van der Waals surface area contributed by atoms with Crippen molar-refractivity contribution in [1.29, 1.82) is 0 Å². The second-order valence-electron chi connectivity index (χ2n) is 5.71. The van der Waals surface area contributed by atoms with Gasteiger partial charge >= 0.3 is 0 Å². The van der Waals surface area contributed by atoms with E-state index in [0.717, 1.165) is 30.6 Å². The molecule has 0 aliphatic carbocycles. The normalized spacial score (nSPS) is 19.7. The van der Waals surface area contributed by atoms with Gasteiger partial charge in [0.15, 0.2) is 0 Å². The molecule has 2 rings (SSSR count). The van der Waals surface area contributed by atoms with E-state index in [1.807, 2.05) is 6.92 Å². The average Bonchev–Trinajstić information content (AvgIpc) is 2.87. The number of aromatic nitrogens is 1. The maximum Gasteiger partial charge on any atom is 0.271 e. The lowest BCUT2D eigenvalue weighted by molar-refractivity contribution is 0.0915. The van der Waals surface area contributed by atoms with Gasteiger partial charge in [0, 0.05) is 31.1 Å². The molecular formula is C14H26Cl2N4OS. The number of halogens is 2. The summed E-state index contributed by atoms with van der Waals surface area (Å²) < 4.78 is 0. The monoisotopic (exact) mass is 368 g/mol. The number of hydrogen-bond donors (Lipinski definition) is 2. The SMILES string of the molecule is CC1CCCN(CC(C)NC(=O)c2csc(CN)n2)C1.Cl.Cl. The number of piperidine rings is 1. The molecule has 3 N–H and O–H groups in total. The Kier molecular flexibility index (Phi) is 10.2. The van der Waals surface area contributed by atoms with Crippen molar-refractivity contribution in [3.63, 3.8) is 0 Å². The molecule has 2 heterocycles. The molecule has 5 nitrogen and oxygen atoms in total. The lowest BCUT2D eigenvalue weighted by Crippen LogP contribution is -2.45. The van der Waals surface area contributed by atoms with Gasteiger partial charge in [0.1, 0.15) is 10.7 Å². The van der Waals surface area contributed by atoms with Crippen LogP contribution < -0.4 is 11.1 Å². The number of nitrogens with one attached hydrogen (secondary N) is 1. The molecule has 1 aliphatic heterocycles. The fourth-order valence-corrected chi connectivity index (χ4v) is 3.35. The Morgan fingerprint density at radius 2 is 2.32 bits per heavy atom. The van der Waals surface area contributed by atoms with Gasteiger partial charge in [0.2, 0.25) is 0 Å². The van der Waals surface area contributed by atoms with Gasteiger partial charge in [-0.05, 0) is 32.2 Å². The minimum atomic E-state index is -0.0986. The Hall–Kier alpha value is -0.400. The first kappa shape index (κ1) is 21.6. The molecule has 128 valence electrons. The van der Waals surface area contributed by atoms with Crippen molar-refractivity contribution in [3.05, 3.63) is 16.1 Å². The number of rotatable bonds is 5. The molecular weight excluding hydrogens is 343 g/mol. The van der Waals surface area contributed by atoms with Crippen LogP contribution in [0.1, 0.15) is 42.2 Å². The third kappa shape index (κ3) is 6.38. The van der Waals surface area contributed by atoms with E-state index in [0.29, 0.717) is 12.2 Å². The van der Waals surface area contributed by atoms with E-state index in [-0.39, 0.29) is 36.8 Å². The van der Waals surface area contributed by atoms with Crippen LogP contribution >= 0.6 is 36.2 Å². The molecule has 1 saturated heterocycles. The van der Waals surface area contributed by atoms with Gasteiger partial charge in [-0.15, -0.1) is 36.2 Å². The summed E-state index contributed by atoms with van der Waals surface area (Å²) in [4.78, 5) is 18.7. The number of carbonyl (C=O) groups excluding carboxylic acids is 1. The summed E-state index contributed by atoms with van der Waals surface area (Å²) in [5, 5.41) is 5.59. The molecule has 1 aliphatic rings. The fraction of sp³-hybridized carbons (Fsp3) is 0.714. The van der Waals surface area contributed by atoms with Gasteiger partial charge in [0.25, 0.3) is 5.91 Å². The van der Waals surface area contributed by atoms with Gasteiger partial charge < -0.3 is 16.0 Å². The zero-order chi connectivity index (χ0) is 14.5. The summed E-state index contributed by atoms with van der Waals surface area (Å²) in [5.41, 5.74) is 5.99. The number of carbonyl (C=O) groups is 1. The van der Waals surface area contributed by atoms with Crippen LogP contribution in [0.4, 0.5) is 0 Å². The summed E-state index contributed by atoms with van der Waals surface area (Å²) in [5.74, 6) is 0.663. The Balaban J connectivity index is 0.00000220. The van der Waals surface area contributed by atoms with Gasteiger partial charge in [-0.1, -0.05) is 6.92 Å². The zero-order valence-corrected chi connectivity index (χ0v) is 15.5. The van der Waals surface area contributed by atoms with Crippen molar-refractivity contribution in [3.8, 4) is 0 Å². The summed E-state index contributed by atoms with van der Waals surface area (Å²) in [6.45, 7) is 7.91. The van der Waals surface area contributed by atoms with E-state index in [1.165, 1.54) is 24.2 Å². The molecule has 1 fully saturated rings. The lowest BCUT2D eigenvalue weighted by Gasteiger charge is -2.32. The molecule has 1 aromatic heterocycles. The van der Waals surface area contributed by atoms with E-state index in [4.69, 9.17) is 5.73 Å². The van der Waals surface area contributed by atoms with Crippen LogP contribution in [-0.4, -0.2) is 41.5 Å². The minimum Gasteiger partial charge on any atom is -0.347 e. The molecule has 2 unspecified atom stereocenters. The van der Waals surface area contributed by atoms with E-state index in [2.05, 4.69) is 22.1 Å². The quantitative estimate of drug-likeness (QED) is 0.836. The highest BCUT2D eigenvalue weighted by molar-refractivity contribution is 7.09. The van der Waals surface area contributed by atoms with Crippen molar-refractivity contribution in [2.24, 2.45) is 11.7 Å². The summed E-state index contributed by atoms with van der Waals surface area (Å²) in [6, 6.07) is 0.135. The van der Waals surface area contributed by atoms with E-state index in [1.54, 1.807) is 5.38 Å². The van der Waals surface area contributed by atoms with Crippen molar-refractivity contribution < 1.29 is 4.79 Å². The number of likely N-dealkylation sites (tertiary alicyclic amines) is 1. The van der Waals surface area contributed by atoms with Crippen molar-refractivity contribution in [2.45, 2.75) is 39.3 Å². The molecule has 1 amide bonds. The largest absolute Gasteiger partial charge is 0.347 e. The molecule has 0 aromatic carbocycles. The number of nitrogens with two attached hydrogens (primary N) is 1. The second-order valence-corrected chi connectivity index (χ2v) is 6.65. The predicted octanol–water partition coefficient (Wildman–Crippen LogP) is 2.30. The van der Waals surface area contributed by atoms with Crippen LogP contribution in [0.15, 0.2) is 5.38 Å². The Morgan fingerprint density at radius 1 is 1.59 bits per heavy atom. The first-order valence-corrected chi connectivity index (χ1v) is 8.14. The fourth-order valence-electron chi connectivity index (χ4n) is 2.69. The van der Waals surface area contributed by atoms with E-state index >= 15 is 0 Å². The van der Waals surface area contributed by atoms with Gasteiger partial charge in [0.05, 0.1) is 0 Å². The van der Waals surface area contributed by atoms with E-state index in [9.17, 15) is 4.79 Å². The van der Waals surface area contributed by atoms with Crippen LogP contribution in [0.3, 0.4) is 0 Å². The molecule has 0 bridgehead atoms. The van der Waals surface area contributed by atoms with Crippen LogP contribution in [0.2, 0.25) is 0 Å². The first-order valence-electron chi connectivity index (χ1n) is 7.26. The lowest BCUT2D eigenvalue weighted by atomic mass is 10.00. The summed E-state index contributed by atoms with van der Waals surface area (Å²) in [6.07, 6.45) is 2.58. The topological polar surface area (TPSA) is 71.2 Å². The smallest absolute Gasteiger partial charge is 0.271 e. The minimum absolute atomic E-state index is 0. The van der Waals surface area contributed by atoms with Crippen molar-refractivity contribution in [2.75, 3.05) is 19.6 Å². The maximum atomic E-state index is 12.1. The Bertz CT molecular complexity index is 458. The molecule has 0 saturated carbocycles. The third-order valence-electron chi connectivity index (χ3n) is 3.61. The van der Waals surface area contributed by atoms with Gasteiger partial charge in [-0.25, -0.2) is 4.98 Å². The highest BCUT2D eigenvalue weighted by atomic mass is 35.5. The number of thiazole rings is 1.